The second-order valence-electron chi connectivity index (χ2n) is 3.80. The summed E-state index contributed by atoms with van der Waals surface area (Å²) in [5.41, 5.74) is 2.17. The van der Waals surface area contributed by atoms with Gasteiger partial charge in [0, 0.05) is 18.0 Å². The zero-order valence-electron chi connectivity index (χ0n) is 9.66. The van der Waals surface area contributed by atoms with Gasteiger partial charge in [0.25, 0.3) is 0 Å². The number of aromatic nitrogens is 1. The van der Waals surface area contributed by atoms with E-state index in [2.05, 4.69) is 23.3 Å². The van der Waals surface area contributed by atoms with E-state index in [4.69, 9.17) is 4.42 Å². The van der Waals surface area contributed by atoms with Gasteiger partial charge in [0.15, 0.2) is 0 Å². The smallest absolute Gasteiger partial charge is 0.135 e. The SMILES string of the molecule is CCNCc1ccc(-c2cncc(C)c2)o1. The number of rotatable bonds is 4. The van der Waals surface area contributed by atoms with Crippen LogP contribution in [-0.4, -0.2) is 11.5 Å². The van der Waals surface area contributed by atoms with Gasteiger partial charge >= 0.3 is 0 Å². The number of hydrogen-bond donors (Lipinski definition) is 1. The summed E-state index contributed by atoms with van der Waals surface area (Å²) in [5.74, 6) is 1.84. The maximum absolute atomic E-state index is 5.72. The molecule has 0 aliphatic rings. The van der Waals surface area contributed by atoms with Gasteiger partial charge in [-0.3, -0.25) is 4.98 Å². The quantitative estimate of drug-likeness (QED) is 0.854. The van der Waals surface area contributed by atoms with Crippen molar-refractivity contribution >= 4 is 0 Å². The molecule has 0 bridgehead atoms. The van der Waals surface area contributed by atoms with Gasteiger partial charge in [0.1, 0.15) is 11.5 Å². The van der Waals surface area contributed by atoms with Crippen molar-refractivity contribution in [2.24, 2.45) is 0 Å². The fourth-order valence-electron chi connectivity index (χ4n) is 1.57. The molecule has 84 valence electrons. The minimum Gasteiger partial charge on any atom is -0.460 e. The molecule has 0 radical (unpaired) electrons. The van der Waals surface area contributed by atoms with Crippen LogP contribution >= 0.6 is 0 Å². The summed E-state index contributed by atoms with van der Waals surface area (Å²) < 4.78 is 5.72. The van der Waals surface area contributed by atoms with Crippen LogP contribution in [0.4, 0.5) is 0 Å². The number of nitrogens with one attached hydrogen (secondary N) is 1. The van der Waals surface area contributed by atoms with Crippen LogP contribution in [0.5, 0.6) is 0 Å². The summed E-state index contributed by atoms with van der Waals surface area (Å²) >= 11 is 0. The lowest BCUT2D eigenvalue weighted by molar-refractivity contribution is 0.498. The second-order valence-corrected chi connectivity index (χ2v) is 3.80. The summed E-state index contributed by atoms with van der Waals surface area (Å²) in [6.07, 6.45) is 3.66. The van der Waals surface area contributed by atoms with E-state index in [9.17, 15) is 0 Å². The lowest BCUT2D eigenvalue weighted by Gasteiger charge is -1.99. The molecule has 3 heteroatoms. The lowest BCUT2D eigenvalue weighted by atomic mass is 10.2. The average Bonchev–Trinajstić information content (AvgIpc) is 2.75. The molecule has 0 saturated carbocycles. The molecular formula is C13H16N2O. The van der Waals surface area contributed by atoms with E-state index >= 15 is 0 Å². The largest absolute Gasteiger partial charge is 0.460 e. The molecule has 0 aromatic carbocycles. The highest BCUT2D eigenvalue weighted by atomic mass is 16.3. The zero-order valence-corrected chi connectivity index (χ0v) is 9.66. The van der Waals surface area contributed by atoms with Gasteiger partial charge in [0.05, 0.1) is 6.54 Å². The van der Waals surface area contributed by atoms with Gasteiger partial charge in [-0.15, -0.1) is 0 Å². The number of nitrogens with zero attached hydrogens (tertiary/aromatic N) is 1. The molecule has 2 aromatic rings. The van der Waals surface area contributed by atoms with Crippen LogP contribution in [0.2, 0.25) is 0 Å². The van der Waals surface area contributed by atoms with Crippen LogP contribution in [0.25, 0.3) is 11.3 Å². The van der Waals surface area contributed by atoms with Crippen LogP contribution in [-0.2, 0) is 6.54 Å². The highest BCUT2D eigenvalue weighted by molar-refractivity contribution is 5.56. The van der Waals surface area contributed by atoms with Crippen molar-refractivity contribution in [1.29, 1.82) is 0 Å². The molecule has 16 heavy (non-hydrogen) atoms. The third-order valence-electron chi connectivity index (χ3n) is 2.37. The van der Waals surface area contributed by atoms with Gasteiger partial charge in [-0.2, -0.15) is 0 Å². The van der Waals surface area contributed by atoms with Crippen LogP contribution in [0.3, 0.4) is 0 Å². The monoisotopic (exact) mass is 216 g/mol. The Morgan fingerprint density at radius 1 is 1.31 bits per heavy atom. The Morgan fingerprint density at radius 3 is 2.94 bits per heavy atom. The summed E-state index contributed by atoms with van der Waals surface area (Å²) in [4.78, 5) is 4.16. The number of aryl methyl sites for hydroxylation is 1. The van der Waals surface area contributed by atoms with E-state index in [0.29, 0.717) is 0 Å². The molecule has 0 aliphatic carbocycles. The fraction of sp³-hybridized carbons (Fsp3) is 0.308. The molecule has 0 unspecified atom stereocenters. The molecule has 0 saturated heterocycles. The van der Waals surface area contributed by atoms with Crippen molar-refractivity contribution in [3.63, 3.8) is 0 Å². The maximum Gasteiger partial charge on any atom is 0.135 e. The number of hydrogen-bond acceptors (Lipinski definition) is 3. The molecule has 0 fully saturated rings. The first-order valence-corrected chi connectivity index (χ1v) is 5.51. The summed E-state index contributed by atoms with van der Waals surface area (Å²) in [5, 5.41) is 3.23. The van der Waals surface area contributed by atoms with Crippen LogP contribution in [0, 0.1) is 6.92 Å². The summed E-state index contributed by atoms with van der Waals surface area (Å²) in [6, 6.07) is 6.06. The maximum atomic E-state index is 5.72. The van der Waals surface area contributed by atoms with Gasteiger partial charge in [-0.05, 0) is 37.2 Å². The minimum absolute atomic E-state index is 0.774. The van der Waals surface area contributed by atoms with Crippen molar-refractivity contribution < 1.29 is 4.42 Å². The van der Waals surface area contributed by atoms with E-state index in [-0.39, 0.29) is 0 Å². The molecule has 2 heterocycles. The lowest BCUT2D eigenvalue weighted by Crippen LogP contribution is -2.10. The molecule has 0 atom stereocenters. The van der Waals surface area contributed by atoms with E-state index < -0.39 is 0 Å². The molecule has 0 amide bonds. The van der Waals surface area contributed by atoms with E-state index in [1.54, 1.807) is 0 Å². The Balaban J connectivity index is 2.18. The molecule has 1 N–H and O–H groups in total. The Hall–Kier alpha value is -1.61. The molecule has 0 aliphatic heterocycles. The Labute approximate surface area is 95.5 Å². The van der Waals surface area contributed by atoms with Gasteiger partial charge in [-0.25, -0.2) is 0 Å². The number of furan rings is 1. The van der Waals surface area contributed by atoms with Crippen molar-refractivity contribution in [2.75, 3.05) is 6.54 Å². The predicted octanol–water partition coefficient (Wildman–Crippen LogP) is 2.76. The topological polar surface area (TPSA) is 38.1 Å². The molecule has 2 aromatic heterocycles. The molecule has 0 spiro atoms. The third-order valence-corrected chi connectivity index (χ3v) is 2.37. The minimum atomic E-state index is 0.774. The number of pyridine rings is 1. The Kier molecular flexibility index (Phi) is 3.37. The first-order chi connectivity index (χ1) is 7.79. The molecule has 3 nitrogen and oxygen atoms in total. The second kappa shape index (κ2) is 4.94. The molecule has 2 rings (SSSR count). The molecular weight excluding hydrogens is 200 g/mol. The van der Waals surface area contributed by atoms with Gasteiger partial charge in [-0.1, -0.05) is 6.92 Å². The highest BCUT2D eigenvalue weighted by Crippen LogP contribution is 2.21. The van der Waals surface area contributed by atoms with E-state index in [0.717, 1.165) is 35.7 Å². The normalized spacial score (nSPS) is 10.6. The van der Waals surface area contributed by atoms with Crippen LogP contribution in [0.15, 0.2) is 35.0 Å². The predicted molar refractivity (Wildman–Crippen MR) is 64.1 cm³/mol. The highest BCUT2D eigenvalue weighted by Gasteiger charge is 2.04. The Morgan fingerprint density at radius 2 is 2.19 bits per heavy atom. The van der Waals surface area contributed by atoms with Crippen molar-refractivity contribution in [2.45, 2.75) is 20.4 Å². The van der Waals surface area contributed by atoms with Crippen molar-refractivity contribution in [1.82, 2.24) is 10.3 Å². The first kappa shape index (κ1) is 10.9. The first-order valence-electron chi connectivity index (χ1n) is 5.51. The Bertz CT molecular complexity index is 462. The summed E-state index contributed by atoms with van der Waals surface area (Å²) in [7, 11) is 0. The van der Waals surface area contributed by atoms with E-state index in [1.165, 1.54) is 0 Å². The van der Waals surface area contributed by atoms with Crippen molar-refractivity contribution in [3.05, 3.63) is 41.9 Å². The zero-order chi connectivity index (χ0) is 11.4. The average molecular weight is 216 g/mol. The van der Waals surface area contributed by atoms with Gasteiger partial charge in [0.2, 0.25) is 0 Å². The van der Waals surface area contributed by atoms with Crippen LogP contribution in [0.1, 0.15) is 18.2 Å². The van der Waals surface area contributed by atoms with Crippen LogP contribution < -0.4 is 5.32 Å². The van der Waals surface area contributed by atoms with Gasteiger partial charge < -0.3 is 9.73 Å². The standard InChI is InChI=1S/C13H16N2O/c1-3-14-9-12-4-5-13(16-12)11-6-10(2)7-15-8-11/h4-8,14H,3,9H2,1-2H3. The fourth-order valence-corrected chi connectivity index (χ4v) is 1.57. The third kappa shape index (κ3) is 2.49. The van der Waals surface area contributed by atoms with Crippen molar-refractivity contribution in [3.8, 4) is 11.3 Å². The van der Waals surface area contributed by atoms with E-state index in [1.807, 2.05) is 31.5 Å². The summed E-state index contributed by atoms with van der Waals surface area (Å²) in [6.45, 7) is 5.82.